The van der Waals surface area contributed by atoms with Crippen molar-refractivity contribution in [1.29, 1.82) is 0 Å². The number of halogens is 3. The van der Waals surface area contributed by atoms with Crippen molar-refractivity contribution >= 4 is 10.8 Å². The van der Waals surface area contributed by atoms with Gasteiger partial charge in [0.05, 0.1) is 0 Å². The number of rotatable bonds is 8. The molecule has 0 N–H and O–H groups in total. The van der Waals surface area contributed by atoms with Crippen LogP contribution in [0.25, 0.3) is 10.8 Å². The van der Waals surface area contributed by atoms with Crippen LogP contribution in [0.5, 0.6) is 5.75 Å². The molecule has 0 heterocycles. The number of benzene rings is 3. The molecule has 0 saturated carbocycles. The monoisotopic (exact) mass is 440 g/mol. The maximum atomic E-state index is 12.6. The van der Waals surface area contributed by atoms with Crippen LogP contribution in [0.4, 0.5) is 13.2 Å². The Morgan fingerprint density at radius 3 is 2.38 bits per heavy atom. The molecule has 0 amide bonds. The normalized spacial score (nSPS) is 18.5. The maximum Gasteiger partial charge on any atom is 0.573 e. The summed E-state index contributed by atoms with van der Waals surface area (Å²) in [4.78, 5) is 0. The second-order valence-electron chi connectivity index (χ2n) is 8.95. The Labute approximate surface area is 188 Å². The Hall–Kier alpha value is -2.49. The topological polar surface area (TPSA) is 9.23 Å². The lowest BCUT2D eigenvalue weighted by Crippen LogP contribution is -2.22. The van der Waals surface area contributed by atoms with Crippen molar-refractivity contribution in [3.8, 4) is 5.75 Å². The zero-order valence-electron chi connectivity index (χ0n) is 18.6. The Kier molecular flexibility index (Phi) is 7.07. The molecule has 0 fully saturated rings. The van der Waals surface area contributed by atoms with E-state index in [0.29, 0.717) is 5.92 Å². The minimum Gasteiger partial charge on any atom is -0.406 e. The Bertz CT molecular complexity index is 1020. The molecule has 0 aromatic heterocycles. The predicted octanol–water partition coefficient (Wildman–Crippen LogP) is 8.79. The van der Waals surface area contributed by atoms with Gasteiger partial charge in [0.1, 0.15) is 5.75 Å². The lowest BCUT2D eigenvalue weighted by molar-refractivity contribution is -0.274. The highest BCUT2D eigenvalue weighted by molar-refractivity contribution is 5.87. The summed E-state index contributed by atoms with van der Waals surface area (Å²) in [5.74, 6) is 0.543. The van der Waals surface area contributed by atoms with Gasteiger partial charge in [0.25, 0.3) is 0 Å². The summed E-state index contributed by atoms with van der Waals surface area (Å²) >= 11 is 0. The molecule has 170 valence electrons. The smallest absolute Gasteiger partial charge is 0.406 e. The molecule has 0 saturated heterocycles. The molecule has 3 aromatic carbocycles. The molecule has 4 rings (SSSR count). The first-order chi connectivity index (χ1) is 15.5. The van der Waals surface area contributed by atoms with E-state index in [-0.39, 0.29) is 11.7 Å². The van der Waals surface area contributed by atoms with Crippen molar-refractivity contribution < 1.29 is 17.9 Å². The van der Waals surface area contributed by atoms with E-state index in [4.69, 9.17) is 0 Å². The zero-order valence-corrected chi connectivity index (χ0v) is 18.6. The molecule has 0 spiro atoms. The average molecular weight is 441 g/mol. The highest BCUT2D eigenvalue weighted by Gasteiger charge is 2.33. The van der Waals surface area contributed by atoms with Crippen LogP contribution >= 0.6 is 0 Å². The first kappa shape index (κ1) is 22.7. The van der Waals surface area contributed by atoms with E-state index in [1.54, 1.807) is 0 Å². The minimum absolute atomic E-state index is 0.160. The molecule has 1 nitrogen and oxygen atoms in total. The molecule has 32 heavy (non-hydrogen) atoms. The fraction of sp³-hybridized carbons (Fsp3) is 0.429. The summed E-state index contributed by atoms with van der Waals surface area (Å²) < 4.78 is 41.9. The van der Waals surface area contributed by atoms with Gasteiger partial charge < -0.3 is 4.74 Å². The van der Waals surface area contributed by atoms with Gasteiger partial charge >= 0.3 is 6.36 Å². The van der Waals surface area contributed by atoms with Crippen molar-refractivity contribution in [2.45, 2.75) is 70.6 Å². The summed E-state index contributed by atoms with van der Waals surface area (Å²) in [7, 11) is 0. The van der Waals surface area contributed by atoms with E-state index in [2.05, 4.69) is 48.1 Å². The molecule has 0 radical (unpaired) electrons. The number of alkyl halides is 3. The number of aryl methyl sites for hydroxylation is 1. The second-order valence-corrected chi connectivity index (χ2v) is 8.95. The van der Waals surface area contributed by atoms with Crippen molar-refractivity contribution in [2.24, 2.45) is 5.92 Å². The molecule has 1 aliphatic carbocycles. The molecule has 2 atom stereocenters. The molecular weight excluding hydrogens is 409 g/mol. The van der Waals surface area contributed by atoms with E-state index >= 15 is 0 Å². The van der Waals surface area contributed by atoms with Gasteiger partial charge in [-0.1, -0.05) is 87.6 Å². The zero-order chi connectivity index (χ0) is 22.6. The van der Waals surface area contributed by atoms with Crippen LogP contribution < -0.4 is 4.74 Å². The van der Waals surface area contributed by atoms with Crippen LogP contribution in [-0.4, -0.2) is 6.36 Å². The van der Waals surface area contributed by atoms with E-state index in [1.165, 1.54) is 66.1 Å². The highest BCUT2D eigenvalue weighted by atomic mass is 19.4. The summed E-state index contributed by atoms with van der Waals surface area (Å²) in [5.41, 5.74) is 3.80. The molecule has 4 heteroatoms. The summed E-state index contributed by atoms with van der Waals surface area (Å²) in [5, 5.41) is 2.55. The van der Waals surface area contributed by atoms with Crippen LogP contribution in [0.1, 0.15) is 74.5 Å². The van der Waals surface area contributed by atoms with Crippen LogP contribution in [0, 0.1) is 5.92 Å². The highest BCUT2D eigenvalue weighted by Crippen LogP contribution is 2.45. The first-order valence-electron chi connectivity index (χ1n) is 11.8. The Balaban J connectivity index is 1.65. The number of fused-ring (bicyclic) bond motifs is 3. The SMILES string of the molecule is CCCCCCC[C@@H]1CCc2c(ccc3ccccc23)[C@H]1c1ccc(OC(F)(F)F)cc1. The largest absolute Gasteiger partial charge is 0.573 e. The second kappa shape index (κ2) is 9.97. The number of unbranched alkanes of at least 4 members (excludes halogenated alkanes) is 4. The van der Waals surface area contributed by atoms with E-state index in [1.807, 2.05) is 12.1 Å². The molecular formula is C28H31F3O. The quantitative estimate of drug-likeness (QED) is 0.318. The Morgan fingerprint density at radius 2 is 1.62 bits per heavy atom. The van der Waals surface area contributed by atoms with Crippen LogP contribution in [0.2, 0.25) is 0 Å². The van der Waals surface area contributed by atoms with Crippen molar-refractivity contribution in [2.75, 3.05) is 0 Å². The lowest BCUT2D eigenvalue weighted by atomic mass is 9.69. The summed E-state index contributed by atoms with van der Waals surface area (Å²) in [6.07, 6.45) is 4.91. The number of hydrogen-bond acceptors (Lipinski definition) is 1. The fourth-order valence-corrected chi connectivity index (χ4v) is 5.32. The molecule has 0 unspecified atom stereocenters. The van der Waals surface area contributed by atoms with Crippen LogP contribution in [-0.2, 0) is 6.42 Å². The number of hydrogen-bond donors (Lipinski definition) is 0. The van der Waals surface area contributed by atoms with Gasteiger partial charge in [0.2, 0.25) is 0 Å². The Morgan fingerprint density at radius 1 is 0.875 bits per heavy atom. The lowest BCUT2D eigenvalue weighted by Gasteiger charge is -2.35. The van der Waals surface area contributed by atoms with Gasteiger partial charge in [-0.15, -0.1) is 13.2 Å². The third-order valence-corrected chi connectivity index (χ3v) is 6.80. The van der Waals surface area contributed by atoms with Crippen molar-refractivity contribution in [1.82, 2.24) is 0 Å². The molecule has 0 aliphatic heterocycles. The van der Waals surface area contributed by atoms with Gasteiger partial charge in [0.15, 0.2) is 0 Å². The average Bonchev–Trinajstić information content (AvgIpc) is 2.78. The van der Waals surface area contributed by atoms with Gasteiger partial charge in [-0.05, 0) is 64.8 Å². The molecule has 1 aliphatic rings. The van der Waals surface area contributed by atoms with Gasteiger partial charge in [0, 0.05) is 5.92 Å². The van der Waals surface area contributed by atoms with E-state index < -0.39 is 6.36 Å². The summed E-state index contributed by atoms with van der Waals surface area (Å²) in [6.45, 7) is 2.23. The van der Waals surface area contributed by atoms with Crippen molar-refractivity contribution in [3.05, 3.63) is 77.4 Å². The molecule has 3 aromatic rings. The van der Waals surface area contributed by atoms with Gasteiger partial charge in [-0.25, -0.2) is 0 Å². The van der Waals surface area contributed by atoms with Crippen LogP contribution in [0.15, 0.2) is 60.7 Å². The van der Waals surface area contributed by atoms with E-state index in [9.17, 15) is 13.2 Å². The fourth-order valence-electron chi connectivity index (χ4n) is 5.32. The van der Waals surface area contributed by atoms with Gasteiger partial charge in [-0.2, -0.15) is 0 Å². The first-order valence-corrected chi connectivity index (χ1v) is 11.8. The van der Waals surface area contributed by atoms with E-state index in [0.717, 1.165) is 24.8 Å². The standard InChI is InChI=1S/C28H31F3O/c1-2-3-4-5-6-10-21-15-18-25-24-11-8-7-9-20(24)14-19-26(25)27(21)22-12-16-23(17-13-22)32-28(29,30)31/h7-9,11-14,16-17,19,21,27H,2-6,10,15,18H2,1H3/t21-,27-/m1/s1. The van der Waals surface area contributed by atoms with Crippen molar-refractivity contribution in [3.63, 3.8) is 0 Å². The third-order valence-electron chi connectivity index (χ3n) is 6.80. The van der Waals surface area contributed by atoms with Gasteiger partial charge in [-0.3, -0.25) is 0 Å². The van der Waals surface area contributed by atoms with Crippen LogP contribution in [0.3, 0.4) is 0 Å². The predicted molar refractivity (Wildman–Crippen MR) is 124 cm³/mol. The molecule has 0 bridgehead atoms. The summed E-state index contributed by atoms with van der Waals surface area (Å²) in [6, 6.07) is 19.5. The minimum atomic E-state index is -4.67. The third kappa shape index (κ3) is 5.28. The number of ether oxygens (including phenoxy) is 1. The maximum absolute atomic E-state index is 12.6.